The summed E-state index contributed by atoms with van der Waals surface area (Å²) in [5.41, 5.74) is 5.83. The van der Waals surface area contributed by atoms with E-state index in [1.165, 1.54) is 16.4 Å². The molecule has 0 aliphatic carbocycles. The highest BCUT2D eigenvalue weighted by molar-refractivity contribution is 9.11. The number of halogens is 1. The number of hydrogen-bond acceptors (Lipinski definition) is 6. The van der Waals surface area contributed by atoms with Crippen LogP contribution >= 0.6 is 50.6 Å². The van der Waals surface area contributed by atoms with Crippen LogP contribution in [0.4, 0.5) is 0 Å². The molecule has 92 valence electrons. The van der Waals surface area contributed by atoms with Crippen LogP contribution in [0.5, 0.6) is 0 Å². The van der Waals surface area contributed by atoms with Crippen molar-refractivity contribution in [3.8, 4) is 0 Å². The Morgan fingerprint density at radius 3 is 2.88 bits per heavy atom. The Labute approximate surface area is 121 Å². The summed E-state index contributed by atoms with van der Waals surface area (Å²) in [5.74, 6) is 0.917. The molecule has 0 aliphatic rings. The summed E-state index contributed by atoms with van der Waals surface area (Å²) < 4.78 is 6.42. The maximum Gasteiger partial charge on any atom is 0.170 e. The van der Waals surface area contributed by atoms with Crippen molar-refractivity contribution in [3.63, 3.8) is 0 Å². The predicted molar refractivity (Wildman–Crippen MR) is 79.0 cm³/mol. The number of aryl methyl sites for hydroxylation is 1. The Morgan fingerprint density at radius 1 is 1.53 bits per heavy atom. The Balaban J connectivity index is 2.09. The van der Waals surface area contributed by atoms with Gasteiger partial charge >= 0.3 is 0 Å². The second kappa shape index (κ2) is 6.29. The summed E-state index contributed by atoms with van der Waals surface area (Å²) in [5, 5.41) is 0.268. The molecule has 0 bridgehead atoms. The second-order valence-electron chi connectivity index (χ2n) is 3.31. The number of thioether (sulfide) groups is 1. The molecule has 1 atom stereocenters. The molecule has 3 nitrogen and oxygen atoms in total. The number of rotatable bonds is 5. The smallest absolute Gasteiger partial charge is 0.170 e. The van der Waals surface area contributed by atoms with Crippen LogP contribution in [0.1, 0.15) is 22.9 Å². The molecule has 2 rings (SSSR count). The molecule has 7 heteroatoms. The van der Waals surface area contributed by atoms with Crippen molar-refractivity contribution in [1.29, 1.82) is 0 Å². The van der Waals surface area contributed by atoms with E-state index >= 15 is 0 Å². The molecule has 1 unspecified atom stereocenters. The van der Waals surface area contributed by atoms with Gasteiger partial charge in [0.15, 0.2) is 4.34 Å². The number of nitrogens with zero attached hydrogens (tertiary/aromatic N) is 2. The third kappa shape index (κ3) is 3.51. The van der Waals surface area contributed by atoms with Gasteiger partial charge in [-0.1, -0.05) is 18.7 Å². The molecule has 0 fully saturated rings. The summed E-state index contributed by atoms with van der Waals surface area (Å²) in [7, 11) is 0. The molecular weight excluding hydrogens is 338 g/mol. The van der Waals surface area contributed by atoms with Crippen molar-refractivity contribution in [2.45, 2.75) is 22.9 Å². The average molecular weight is 350 g/mol. The summed E-state index contributed by atoms with van der Waals surface area (Å²) in [4.78, 5) is 5.73. The van der Waals surface area contributed by atoms with Crippen LogP contribution in [0.3, 0.4) is 0 Å². The number of nitrogens with two attached hydrogens (primary N) is 1. The average Bonchev–Trinajstić information content (AvgIpc) is 2.94. The van der Waals surface area contributed by atoms with Crippen molar-refractivity contribution in [1.82, 2.24) is 9.36 Å². The molecule has 0 saturated heterocycles. The monoisotopic (exact) mass is 349 g/mol. The predicted octanol–water partition coefficient (Wildman–Crippen LogP) is 3.72. The number of hydrogen-bond donors (Lipinski definition) is 1. The van der Waals surface area contributed by atoms with E-state index in [9.17, 15) is 0 Å². The first-order chi connectivity index (χ1) is 8.22. The molecule has 0 radical (unpaired) electrons. The normalized spacial score (nSPS) is 12.9. The molecule has 0 aliphatic heterocycles. The van der Waals surface area contributed by atoms with E-state index < -0.39 is 0 Å². The lowest BCUT2D eigenvalue weighted by atomic mass is 10.3. The standard InChI is InChI=1S/C10H12BrN3S3/c1-2-9-13-10(17-14-9)16-7(5-12)6-3-4-8(11)15-6/h3-4,7H,2,5,12H2,1H3. The highest BCUT2D eigenvalue weighted by Gasteiger charge is 2.16. The van der Waals surface area contributed by atoms with Gasteiger partial charge in [-0.15, -0.1) is 11.3 Å². The zero-order valence-corrected chi connectivity index (χ0v) is 13.3. The minimum Gasteiger partial charge on any atom is -0.329 e. The lowest BCUT2D eigenvalue weighted by Gasteiger charge is -2.09. The van der Waals surface area contributed by atoms with Crippen molar-refractivity contribution in [2.24, 2.45) is 5.73 Å². The van der Waals surface area contributed by atoms with Crippen molar-refractivity contribution in [2.75, 3.05) is 6.54 Å². The first-order valence-electron chi connectivity index (χ1n) is 5.17. The van der Waals surface area contributed by atoms with Crippen LogP contribution in [-0.2, 0) is 6.42 Å². The van der Waals surface area contributed by atoms with E-state index in [0.29, 0.717) is 6.54 Å². The third-order valence-electron chi connectivity index (χ3n) is 2.13. The maximum absolute atomic E-state index is 5.83. The molecular formula is C10H12BrN3S3. The van der Waals surface area contributed by atoms with Gasteiger partial charge in [0.05, 0.1) is 9.04 Å². The topological polar surface area (TPSA) is 51.8 Å². The molecule has 0 aromatic carbocycles. The summed E-state index contributed by atoms with van der Waals surface area (Å²) >= 11 is 8.36. The Kier molecular flexibility index (Phi) is 4.98. The van der Waals surface area contributed by atoms with Crippen molar-refractivity contribution >= 4 is 50.6 Å². The van der Waals surface area contributed by atoms with Crippen LogP contribution in [0.25, 0.3) is 0 Å². The number of aromatic nitrogens is 2. The Bertz CT molecular complexity index is 483. The van der Waals surface area contributed by atoms with Crippen LogP contribution in [0.15, 0.2) is 20.3 Å². The van der Waals surface area contributed by atoms with Crippen LogP contribution in [0.2, 0.25) is 0 Å². The lowest BCUT2D eigenvalue weighted by molar-refractivity contribution is 0.945. The highest BCUT2D eigenvalue weighted by atomic mass is 79.9. The zero-order valence-electron chi connectivity index (χ0n) is 9.22. The van der Waals surface area contributed by atoms with Crippen LogP contribution < -0.4 is 5.73 Å². The minimum atomic E-state index is 0.268. The maximum atomic E-state index is 5.83. The van der Waals surface area contributed by atoms with Gasteiger partial charge in [0.2, 0.25) is 0 Å². The molecule has 0 amide bonds. The van der Waals surface area contributed by atoms with Gasteiger partial charge in [0.1, 0.15) is 5.82 Å². The van der Waals surface area contributed by atoms with Gasteiger partial charge in [-0.25, -0.2) is 4.98 Å². The zero-order chi connectivity index (χ0) is 12.3. The fourth-order valence-corrected chi connectivity index (χ4v) is 4.81. The van der Waals surface area contributed by atoms with Crippen molar-refractivity contribution in [3.05, 3.63) is 26.6 Å². The molecule has 0 spiro atoms. The molecule has 17 heavy (non-hydrogen) atoms. The highest BCUT2D eigenvalue weighted by Crippen LogP contribution is 2.39. The van der Waals surface area contributed by atoms with Gasteiger partial charge in [-0.3, -0.25) is 0 Å². The summed E-state index contributed by atoms with van der Waals surface area (Å²) in [6, 6.07) is 4.17. The van der Waals surface area contributed by atoms with Gasteiger partial charge < -0.3 is 5.73 Å². The summed E-state index contributed by atoms with van der Waals surface area (Å²) in [6.45, 7) is 2.67. The quantitative estimate of drug-likeness (QED) is 0.835. The van der Waals surface area contributed by atoms with Gasteiger partial charge in [-0.2, -0.15) is 4.37 Å². The first kappa shape index (κ1) is 13.5. The third-order valence-corrected chi connectivity index (χ3v) is 6.11. The van der Waals surface area contributed by atoms with Gasteiger partial charge in [0, 0.05) is 17.8 Å². The van der Waals surface area contributed by atoms with E-state index in [-0.39, 0.29) is 5.25 Å². The lowest BCUT2D eigenvalue weighted by Crippen LogP contribution is -2.07. The Morgan fingerprint density at radius 2 is 2.35 bits per heavy atom. The molecule has 2 heterocycles. The number of thiophene rings is 1. The first-order valence-corrected chi connectivity index (χ1v) is 8.43. The minimum absolute atomic E-state index is 0.268. The van der Waals surface area contributed by atoms with Crippen LogP contribution in [0, 0.1) is 0 Å². The van der Waals surface area contributed by atoms with Gasteiger partial charge in [0.25, 0.3) is 0 Å². The fourth-order valence-electron chi connectivity index (χ4n) is 1.27. The fraction of sp³-hybridized carbons (Fsp3) is 0.400. The molecule has 0 saturated carbocycles. The van der Waals surface area contributed by atoms with E-state index in [1.807, 2.05) is 0 Å². The molecule has 2 aromatic heterocycles. The van der Waals surface area contributed by atoms with E-state index in [1.54, 1.807) is 23.1 Å². The van der Waals surface area contributed by atoms with Crippen molar-refractivity contribution < 1.29 is 0 Å². The SMILES string of the molecule is CCc1nsc(SC(CN)c2ccc(Br)s2)n1. The van der Waals surface area contributed by atoms with E-state index in [4.69, 9.17) is 5.73 Å². The molecule has 2 aromatic rings. The van der Waals surface area contributed by atoms with E-state index in [0.717, 1.165) is 20.4 Å². The second-order valence-corrected chi connectivity index (χ2v) is 8.01. The van der Waals surface area contributed by atoms with E-state index in [2.05, 4.69) is 44.3 Å². The molecule has 2 N–H and O–H groups in total. The van der Waals surface area contributed by atoms with Crippen LogP contribution in [-0.4, -0.2) is 15.9 Å². The Hall–Kier alpha value is 0.0500. The summed E-state index contributed by atoms with van der Waals surface area (Å²) in [6.07, 6.45) is 0.884. The van der Waals surface area contributed by atoms with Gasteiger partial charge in [-0.05, 0) is 39.6 Å². The largest absolute Gasteiger partial charge is 0.329 e.